The van der Waals surface area contributed by atoms with Crippen LogP contribution in [0.4, 0.5) is 4.79 Å². The average molecular weight is 285 g/mol. The van der Waals surface area contributed by atoms with Crippen LogP contribution in [0.25, 0.3) is 0 Å². The van der Waals surface area contributed by atoms with Crippen LogP contribution in [0.3, 0.4) is 0 Å². The monoisotopic (exact) mass is 285 g/mol. The van der Waals surface area contributed by atoms with E-state index in [0.717, 1.165) is 12.8 Å². The molecule has 7 heteroatoms. The van der Waals surface area contributed by atoms with Crippen LogP contribution < -0.4 is 16.0 Å². The first-order valence-corrected chi connectivity index (χ1v) is 6.92. The summed E-state index contributed by atoms with van der Waals surface area (Å²) in [5, 5.41) is 16.5. The number of rotatable bonds is 5. The molecule has 0 heterocycles. The van der Waals surface area contributed by atoms with Crippen LogP contribution in [-0.2, 0) is 9.59 Å². The number of hydrogen-bond donors (Lipinski definition) is 4. The first-order valence-electron chi connectivity index (χ1n) is 6.92. The Morgan fingerprint density at radius 2 is 1.80 bits per heavy atom. The summed E-state index contributed by atoms with van der Waals surface area (Å²) in [6, 6.07) is -0.977. The fraction of sp³-hybridized carbons (Fsp3) is 0.769. The average Bonchev–Trinajstić information content (AvgIpc) is 2.44. The number of carbonyl (C=O) groups is 3. The summed E-state index contributed by atoms with van der Waals surface area (Å²) in [7, 11) is 1.45. The molecule has 1 aliphatic rings. The molecule has 3 amide bonds. The summed E-state index contributed by atoms with van der Waals surface area (Å²) in [5.41, 5.74) is 0. The van der Waals surface area contributed by atoms with E-state index < -0.39 is 18.0 Å². The molecule has 1 fully saturated rings. The lowest BCUT2D eigenvalue weighted by atomic mass is 9.82. The topological polar surface area (TPSA) is 108 Å². The van der Waals surface area contributed by atoms with E-state index in [1.165, 1.54) is 7.05 Å². The lowest BCUT2D eigenvalue weighted by Crippen LogP contribution is -2.48. The summed E-state index contributed by atoms with van der Waals surface area (Å²) in [6.45, 7) is 2.36. The second-order valence-electron chi connectivity index (χ2n) is 5.25. The van der Waals surface area contributed by atoms with E-state index in [2.05, 4.69) is 16.0 Å². The summed E-state index contributed by atoms with van der Waals surface area (Å²) in [5.74, 6) is -0.917. The minimum atomic E-state index is -0.713. The highest BCUT2D eigenvalue weighted by Crippen LogP contribution is 2.28. The molecule has 0 saturated heterocycles. The first kappa shape index (κ1) is 16.4. The molecule has 114 valence electrons. The van der Waals surface area contributed by atoms with E-state index in [9.17, 15) is 14.4 Å². The molecule has 0 aromatic heterocycles. The lowest BCUT2D eigenvalue weighted by molar-refractivity contribution is -0.143. The van der Waals surface area contributed by atoms with Crippen molar-refractivity contribution < 1.29 is 19.5 Å². The number of aliphatic carboxylic acids is 1. The maximum Gasteiger partial charge on any atom is 0.321 e. The van der Waals surface area contributed by atoms with Gasteiger partial charge in [0.05, 0.1) is 12.0 Å². The van der Waals surface area contributed by atoms with Crippen molar-refractivity contribution in [3.8, 4) is 0 Å². The minimum Gasteiger partial charge on any atom is -0.481 e. The van der Waals surface area contributed by atoms with Crippen molar-refractivity contribution in [3.05, 3.63) is 0 Å². The van der Waals surface area contributed by atoms with Gasteiger partial charge in [-0.3, -0.25) is 14.9 Å². The third-order valence-corrected chi connectivity index (χ3v) is 3.77. The normalized spacial score (nSPS) is 23.7. The highest BCUT2D eigenvalue weighted by Gasteiger charge is 2.26. The number of amides is 3. The molecule has 1 rings (SSSR count). The van der Waals surface area contributed by atoms with Crippen LogP contribution in [0.1, 0.15) is 32.6 Å². The van der Waals surface area contributed by atoms with Crippen LogP contribution in [0.2, 0.25) is 0 Å². The van der Waals surface area contributed by atoms with E-state index in [4.69, 9.17) is 5.11 Å². The van der Waals surface area contributed by atoms with Gasteiger partial charge in [-0.2, -0.15) is 0 Å². The van der Waals surface area contributed by atoms with Crippen molar-refractivity contribution in [2.75, 3.05) is 13.6 Å². The zero-order chi connectivity index (χ0) is 15.1. The third kappa shape index (κ3) is 5.16. The second kappa shape index (κ2) is 7.84. The molecular formula is C13H23N3O4. The minimum absolute atomic E-state index is 0.222. The van der Waals surface area contributed by atoms with E-state index in [-0.39, 0.29) is 11.8 Å². The number of nitrogens with one attached hydrogen (secondary N) is 3. The Hall–Kier alpha value is -1.63. The maximum atomic E-state index is 11.6. The fourth-order valence-corrected chi connectivity index (χ4v) is 2.33. The molecule has 4 N–H and O–H groups in total. The Morgan fingerprint density at radius 3 is 2.30 bits per heavy atom. The van der Waals surface area contributed by atoms with E-state index in [1.54, 1.807) is 6.92 Å². The zero-order valence-electron chi connectivity index (χ0n) is 11.9. The molecule has 0 bridgehead atoms. The van der Waals surface area contributed by atoms with Gasteiger partial charge in [-0.05, 0) is 45.1 Å². The van der Waals surface area contributed by atoms with Crippen LogP contribution in [0.5, 0.6) is 0 Å². The van der Waals surface area contributed by atoms with Crippen LogP contribution in [0, 0.1) is 11.8 Å². The highest BCUT2D eigenvalue weighted by atomic mass is 16.4. The lowest BCUT2D eigenvalue weighted by Gasteiger charge is -2.27. The molecule has 20 heavy (non-hydrogen) atoms. The fourth-order valence-electron chi connectivity index (χ4n) is 2.33. The Bertz CT molecular complexity index is 365. The summed E-state index contributed by atoms with van der Waals surface area (Å²) in [4.78, 5) is 33.5. The number of carbonyl (C=O) groups excluding carboxylic acids is 2. The molecule has 0 radical (unpaired) electrons. The van der Waals surface area contributed by atoms with Crippen molar-refractivity contribution in [2.45, 2.75) is 38.6 Å². The molecule has 1 aliphatic carbocycles. The van der Waals surface area contributed by atoms with Gasteiger partial charge >= 0.3 is 12.0 Å². The highest BCUT2D eigenvalue weighted by molar-refractivity contribution is 5.96. The van der Waals surface area contributed by atoms with Gasteiger partial charge in [-0.1, -0.05) is 0 Å². The van der Waals surface area contributed by atoms with Gasteiger partial charge in [-0.25, -0.2) is 4.79 Å². The Balaban J connectivity index is 2.25. The number of carboxylic acid groups (broad SMARTS) is 1. The Labute approximate surface area is 118 Å². The summed E-state index contributed by atoms with van der Waals surface area (Å²) >= 11 is 0. The smallest absolute Gasteiger partial charge is 0.321 e. The van der Waals surface area contributed by atoms with Gasteiger partial charge in [0.1, 0.15) is 0 Å². The maximum absolute atomic E-state index is 11.6. The zero-order valence-corrected chi connectivity index (χ0v) is 11.9. The van der Waals surface area contributed by atoms with Crippen molar-refractivity contribution >= 4 is 17.9 Å². The number of imide groups is 1. The standard InChI is InChI=1S/C13H23N3O4/c1-8(11(17)16-13(20)14-2)15-7-9-3-5-10(6-4-9)12(18)19/h8-10,15H,3-7H2,1-2H3,(H,18,19)(H2,14,16,17,20). The summed E-state index contributed by atoms with van der Waals surface area (Å²) < 4.78 is 0. The molecule has 1 atom stereocenters. The van der Waals surface area contributed by atoms with Crippen LogP contribution >= 0.6 is 0 Å². The predicted molar refractivity (Wildman–Crippen MR) is 73.1 cm³/mol. The quantitative estimate of drug-likeness (QED) is 0.581. The van der Waals surface area contributed by atoms with Gasteiger partial charge in [0.2, 0.25) is 5.91 Å². The van der Waals surface area contributed by atoms with E-state index in [1.807, 2.05) is 0 Å². The third-order valence-electron chi connectivity index (χ3n) is 3.77. The first-order chi connectivity index (χ1) is 9.43. The van der Waals surface area contributed by atoms with Crippen molar-refractivity contribution in [2.24, 2.45) is 11.8 Å². The van der Waals surface area contributed by atoms with Gasteiger partial charge in [0, 0.05) is 7.05 Å². The van der Waals surface area contributed by atoms with Crippen molar-refractivity contribution in [3.63, 3.8) is 0 Å². The van der Waals surface area contributed by atoms with Crippen molar-refractivity contribution in [1.29, 1.82) is 0 Å². The van der Waals surface area contributed by atoms with Gasteiger partial charge in [0.15, 0.2) is 0 Å². The molecule has 1 saturated carbocycles. The molecule has 0 spiro atoms. The van der Waals surface area contributed by atoms with Gasteiger partial charge in [0.25, 0.3) is 0 Å². The Kier molecular flexibility index (Phi) is 6.44. The molecule has 1 unspecified atom stereocenters. The largest absolute Gasteiger partial charge is 0.481 e. The molecule has 0 aromatic rings. The predicted octanol–water partition coefficient (Wildman–Crippen LogP) is 0.311. The van der Waals surface area contributed by atoms with Crippen LogP contribution in [-0.4, -0.2) is 42.6 Å². The SMILES string of the molecule is CNC(=O)NC(=O)C(C)NCC1CCC(C(=O)O)CC1. The van der Waals surface area contributed by atoms with Crippen LogP contribution in [0.15, 0.2) is 0 Å². The molecule has 0 aromatic carbocycles. The molecule has 0 aliphatic heterocycles. The number of urea groups is 1. The van der Waals surface area contributed by atoms with Gasteiger partial charge < -0.3 is 15.7 Å². The Morgan fingerprint density at radius 1 is 1.20 bits per heavy atom. The molecule has 7 nitrogen and oxygen atoms in total. The number of carboxylic acids is 1. The second-order valence-corrected chi connectivity index (χ2v) is 5.25. The number of hydrogen-bond acceptors (Lipinski definition) is 4. The van der Waals surface area contributed by atoms with Gasteiger partial charge in [-0.15, -0.1) is 0 Å². The van der Waals surface area contributed by atoms with E-state index >= 15 is 0 Å². The summed E-state index contributed by atoms with van der Waals surface area (Å²) in [6.07, 6.45) is 3.10. The van der Waals surface area contributed by atoms with Crippen molar-refractivity contribution in [1.82, 2.24) is 16.0 Å². The van der Waals surface area contributed by atoms with E-state index in [0.29, 0.717) is 25.3 Å². The molecular weight excluding hydrogens is 262 g/mol.